The predicted molar refractivity (Wildman–Crippen MR) is 76.4 cm³/mol. The summed E-state index contributed by atoms with van der Waals surface area (Å²) < 4.78 is 0. The number of aromatic nitrogens is 2. The molecule has 0 bridgehead atoms. The number of benzene rings is 1. The fourth-order valence-electron chi connectivity index (χ4n) is 2.58. The van der Waals surface area contributed by atoms with Crippen LogP contribution < -0.4 is 5.56 Å². The first-order valence-electron chi connectivity index (χ1n) is 6.83. The van der Waals surface area contributed by atoms with Gasteiger partial charge in [0.05, 0.1) is 5.69 Å². The first-order chi connectivity index (χ1) is 9.16. The summed E-state index contributed by atoms with van der Waals surface area (Å²) in [5, 5.41) is 6.79. The van der Waals surface area contributed by atoms with E-state index in [1.54, 1.807) is 0 Å². The van der Waals surface area contributed by atoms with Crippen LogP contribution in [-0.2, 0) is 0 Å². The SMILES string of the molecule is Cc1c(-c2cccc(C3CCC3)c2)n[nH]c(=O)c1C. The molecule has 1 saturated carbocycles. The van der Waals surface area contributed by atoms with Gasteiger partial charge in [0.25, 0.3) is 5.56 Å². The fraction of sp³-hybridized carbons (Fsp3) is 0.375. The number of aromatic amines is 1. The highest BCUT2D eigenvalue weighted by atomic mass is 16.1. The summed E-state index contributed by atoms with van der Waals surface area (Å²) in [6, 6.07) is 8.57. The molecule has 3 heteroatoms. The molecular weight excluding hydrogens is 236 g/mol. The lowest BCUT2D eigenvalue weighted by molar-refractivity contribution is 0.420. The smallest absolute Gasteiger partial charge is 0.267 e. The number of rotatable bonds is 2. The summed E-state index contributed by atoms with van der Waals surface area (Å²) >= 11 is 0. The molecule has 1 heterocycles. The average Bonchev–Trinajstić information content (AvgIpc) is 2.34. The van der Waals surface area contributed by atoms with Crippen molar-refractivity contribution in [3.8, 4) is 11.3 Å². The van der Waals surface area contributed by atoms with E-state index in [4.69, 9.17) is 0 Å². The van der Waals surface area contributed by atoms with Gasteiger partial charge in [0.15, 0.2) is 0 Å². The molecule has 0 amide bonds. The van der Waals surface area contributed by atoms with Gasteiger partial charge >= 0.3 is 0 Å². The highest BCUT2D eigenvalue weighted by Gasteiger charge is 2.20. The lowest BCUT2D eigenvalue weighted by atomic mass is 9.79. The van der Waals surface area contributed by atoms with E-state index in [0.717, 1.165) is 22.4 Å². The Balaban J connectivity index is 2.07. The Labute approximate surface area is 112 Å². The van der Waals surface area contributed by atoms with E-state index in [9.17, 15) is 4.79 Å². The maximum absolute atomic E-state index is 11.5. The molecule has 1 aliphatic rings. The van der Waals surface area contributed by atoms with Gasteiger partial charge in [-0.2, -0.15) is 5.10 Å². The van der Waals surface area contributed by atoms with Gasteiger partial charge in [-0.1, -0.05) is 24.6 Å². The van der Waals surface area contributed by atoms with Gasteiger partial charge in [0, 0.05) is 11.1 Å². The van der Waals surface area contributed by atoms with E-state index in [1.807, 2.05) is 13.8 Å². The van der Waals surface area contributed by atoms with Crippen LogP contribution in [0.5, 0.6) is 0 Å². The zero-order valence-corrected chi connectivity index (χ0v) is 11.4. The second-order valence-electron chi connectivity index (χ2n) is 5.40. The van der Waals surface area contributed by atoms with Crippen LogP contribution in [-0.4, -0.2) is 10.2 Å². The fourth-order valence-corrected chi connectivity index (χ4v) is 2.58. The molecule has 1 aliphatic carbocycles. The van der Waals surface area contributed by atoms with Gasteiger partial charge in [0.2, 0.25) is 0 Å². The molecule has 2 aromatic rings. The van der Waals surface area contributed by atoms with Gasteiger partial charge < -0.3 is 0 Å². The topological polar surface area (TPSA) is 45.8 Å². The van der Waals surface area contributed by atoms with Crippen molar-refractivity contribution in [2.24, 2.45) is 0 Å². The van der Waals surface area contributed by atoms with Crippen LogP contribution in [0.1, 0.15) is 41.9 Å². The monoisotopic (exact) mass is 254 g/mol. The zero-order valence-electron chi connectivity index (χ0n) is 11.4. The number of hydrogen-bond donors (Lipinski definition) is 1. The number of nitrogens with one attached hydrogen (secondary N) is 1. The molecule has 3 nitrogen and oxygen atoms in total. The normalized spacial score (nSPS) is 15.3. The molecule has 1 aromatic carbocycles. The Morgan fingerprint density at radius 2 is 2.00 bits per heavy atom. The van der Waals surface area contributed by atoms with Crippen LogP contribution in [0.3, 0.4) is 0 Å². The molecule has 1 fully saturated rings. The molecule has 0 saturated heterocycles. The van der Waals surface area contributed by atoms with Crippen molar-refractivity contribution in [2.45, 2.75) is 39.0 Å². The Kier molecular flexibility index (Phi) is 2.97. The number of H-pyrrole nitrogens is 1. The van der Waals surface area contributed by atoms with Crippen LogP contribution in [0, 0.1) is 13.8 Å². The minimum atomic E-state index is -0.101. The molecular formula is C16H18N2O. The van der Waals surface area contributed by atoms with Crippen molar-refractivity contribution in [2.75, 3.05) is 0 Å². The van der Waals surface area contributed by atoms with E-state index in [2.05, 4.69) is 34.5 Å². The lowest BCUT2D eigenvalue weighted by Gasteiger charge is -2.26. The standard InChI is InChI=1S/C16H18N2O/c1-10-11(2)16(19)18-17-15(10)14-8-4-7-13(9-14)12-5-3-6-12/h4,7-9,12H,3,5-6H2,1-2H3,(H,18,19). The summed E-state index contributed by atoms with van der Waals surface area (Å²) in [6.45, 7) is 3.80. The third-order valence-electron chi connectivity index (χ3n) is 4.26. The molecule has 1 N–H and O–H groups in total. The van der Waals surface area contributed by atoms with Crippen molar-refractivity contribution in [1.29, 1.82) is 0 Å². The summed E-state index contributed by atoms with van der Waals surface area (Å²) in [5.74, 6) is 0.712. The van der Waals surface area contributed by atoms with Gasteiger partial charge in [-0.05, 0) is 49.8 Å². The highest BCUT2D eigenvalue weighted by Crippen LogP contribution is 2.37. The Morgan fingerprint density at radius 1 is 1.21 bits per heavy atom. The van der Waals surface area contributed by atoms with E-state index in [-0.39, 0.29) is 5.56 Å². The maximum atomic E-state index is 11.5. The van der Waals surface area contributed by atoms with E-state index in [1.165, 1.54) is 24.8 Å². The first kappa shape index (κ1) is 12.2. The molecule has 0 aliphatic heterocycles. The maximum Gasteiger partial charge on any atom is 0.267 e. The summed E-state index contributed by atoms with van der Waals surface area (Å²) in [5.41, 5.74) is 5.00. The van der Waals surface area contributed by atoms with Gasteiger partial charge in [0.1, 0.15) is 0 Å². The van der Waals surface area contributed by atoms with Crippen LogP contribution in [0.4, 0.5) is 0 Å². The van der Waals surface area contributed by atoms with Crippen molar-refractivity contribution < 1.29 is 0 Å². The Hall–Kier alpha value is -1.90. The molecule has 3 rings (SSSR count). The summed E-state index contributed by atoms with van der Waals surface area (Å²) in [6.07, 6.45) is 3.92. The molecule has 19 heavy (non-hydrogen) atoms. The van der Waals surface area contributed by atoms with Gasteiger partial charge in [-0.15, -0.1) is 0 Å². The van der Waals surface area contributed by atoms with E-state index < -0.39 is 0 Å². The van der Waals surface area contributed by atoms with Crippen LogP contribution >= 0.6 is 0 Å². The summed E-state index contributed by atoms with van der Waals surface area (Å²) in [7, 11) is 0. The molecule has 0 atom stereocenters. The lowest BCUT2D eigenvalue weighted by Crippen LogP contribution is -2.14. The minimum Gasteiger partial charge on any atom is -0.268 e. The number of nitrogens with zero attached hydrogens (tertiary/aromatic N) is 1. The van der Waals surface area contributed by atoms with Crippen molar-refractivity contribution in [1.82, 2.24) is 10.2 Å². The molecule has 0 radical (unpaired) electrons. The Morgan fingerprint density at radius 3 is 2.68 bits per heavy atom. The predicted octanol–water partition coefficient (Wildman–Crippen LogP) is 3.32. The van der Waals surface area contributed by atoms with Crippen molar-refractivity contribution in [3.05, 3.63) is 51.3 Å². The molecule has 98 valence electrons. The van der Waals surface area contributed by atoms with Crippen molar-refractivity contribution in [3.63, 3.8) is 0 Å². The van der Waals surface area contributed by atoms with Crippen molar-refractivity contribution >= 4 is 0 Å². The van der Waals surface area contributed by atoms with E-state index in [0.29, 0.717) is 5.92 Å². The minimum absolute atomic E-state index is 0.101. The quantitative estimate of drug-likeness (QED) is 0.893. The van der Waals surface area contributed by atoms with Crippen LogP contribution in [0.15, 0.2) is 29.1 Å². The molecule has 0 unspecified atom stereocenters. The zero-order chi connectivity index (χ0) is 13.4. The third-order valence-corrected chi connectivity index (χ3v) is 4.26. The van der Waals surface area contributed by atoms with Gasteiger partial charge in [-0.3, -0.25) is 4.79 Å². The van der Waals surface area contributed by atoms with E-state index >= 15 is 0 Å². The van der Waals surface area contributed by atoms with Gasteiger partial charge in [-0.25, -0.2) is 5.10 Å². The second-order valence-corrected chi connectivity index (χ2v) is 5.40. The largest absolute Gasteiger partial charge is 0.268 e. The number of hydrogen-bond acceptors (Lipinski definition) is 2. The molecule has 1 aromatic heterocycles. The Bertz CT molecular complexity index is 669. The van der Waals surface area contributed by atoms with Crippen LogP contribution in [0.2, 0.25) is 0 Å². The average molecular weight is 254 g/mol. The highest BCUT2D eigenvalue weighted by molar-refractivity contribution is 5.64. The first-order valence-corrected chi connectivity index (χ1v) is 6.83. The summed E-state index contributed by atoms with van der Waals surface area (Å²) in [4.78, 5) is 11.5. The third kappa shape index (κ3) is 2.09. The van der Waals surface area contributed by atoms with Crippen LogP contribution in [0.25, 0.3) is 11.3 Å². The molecule has 0 spiro atoms. The second kappa shape index (κ2) is 4.65.